The number of benzene rings is 3. The first-order chi connectivity index (χ1) is 13.9. The molecule has 1 aliphatic rings. The van der Waals surface area contributed by atoms with Crippen LogP contribution in [0.15, 0.2) is 89.8 Å². The van der Waals surface area contributed by atoms with E-state index in [2.05, 4.69) is 6.08 Å². The highest BCUT2D eigenvalue weighted by Crippen LogP contribution is 2.37. The summed E-state index contributed by atoms with van der Waals surface area (Å²) in [5.74, 6) is 0. The SMILES string of the molecule is Cc1ccc(S(=O)(=O)N2CC(c3ccc(Cl)cc3)=CCC2c2ccccc2)cc1. The van der Waals surface area contributed by atoms with E-state index in [1.165, 1.54) is 0 Å². The smallest absolute Gasteiger partial charge is 0.207 e. The van der Waals surface area contributed by atoms with Gasteiger partial charge in [0, 0.05) is 11.6 Å². The van der Waals surface area contributed by atoms with Crippen molar-refractivity contribution in [3.63, 3.8) is 0 Å². The zero-order valence-electron chi connectivity index (χ0n) is 16.1. The summed E-state index contributed by atoms with van der Waals surface area (Å²) in [6, 6.07) is 24.2. The van der Waals surface area contributed by atoms with Gasteiger partial charge >= 0.3 is 0 Å². The minimum Gasteiger partial charge on any atom is -0.207 e. The number of rotatable bonds is 4. The fourth-order valence-electron chi connectivity index (χ4n) is 3.66. The largest absolute Gasteiger partial charge is 0.243 e. The molecule has 0 saturated carbocycles. The van der Waals surface area contributed by atoms with Crippen LogP contribution in [0.4, 0.5) is 0 Å². The summed E-state index contributed by atoms with van der Waals surface area (Å²) in [6.45, 7) is 2.27. The fraction of sp³-hybridized carbons (Fsp3) is 0.167. The van der Waals surface area contributed by atoms with Crippen LogP contribution in [0.25, 0.3) is 5.57 Å². The van der Waals surface area contributed by atoms with Gasteiger partial charge in [-0.05, 0) is 54.3 Å². The molecule has 0 saturated heterocycles. The van der Waals surface area contributed by atoms with Crippen molar-refractivity contribution < 1.29 is 8.42 Å². The first-order valence-electron chi connectivity index (χ1n) is 9.53. The highest BCUT2D eigenvalue weighted by Gasteiger charge is 2.35. The molecule has 0 N–H and O–H groups in total. The molecule has 29 heavy (non-hydrogen) atoms. The molecule has 0 radical (unpaired) electrons. The standard InChI is InChI=1S/C24H22ClNO2S/c1-18-7-14-23(15-8-18)29(27,28)26-17-21(19-9-12-22(25)13-10-19)11-16-24(26)20-5-3-2-4-6-20/h2-15,24H,16-17H2,1H3. The fourth-order valence-corrected chi connectivity index (χ4v) is 5.39. The molecular weight excluding hydrogens is 402 g/mol. The van der Waals surface area contributed by atoms with Crippen molar-refractivity contribution in [2.24, 2.45) is 0 Å². The molecule has 3 nitrogen and oxygen atoms in total. The van der Waals surface area contributed by atoms with Crippen molar-refractivity contribution in [1.82, 2.24) is 4.31 Å². The van der Waals surface area contributed by atoms with Gasteiger partial charge in [-0.25, -0.2) is 8.42 Å². The Balaban J connectivity index is 1.77. The molecule has 0 aliphatic carbocycles. The Morgan fingerprint density at radius 1 is 0.897 bits per heavy atom. The summed E-state index contributed by atoms with van der Waals surface area (Å²) in [5.41, 5.74) is 4.01. The molecule has 1 aliphatic heterocycles. The van der Waals surface area contributed by atoms with E-state index in [4.69, 9.17) is 11.6 Å². The van der Waals surface area contributed by atoms with E-state index in [-0.39, 0.29) is 6.04 Å². The molecule has 0 spiro atoms. The molecule has 1 unspecified atom stereocenters. The van der Waals surface area contributed by atoms with Gasteiger partial charge in [0.2, 0.25) is 10.0 Å². The van der Waals surface area contributed by atoms with E-state index < -0.39 is 10.0 Å². The number of hydrogen-bond donors (Lipinski definition) is 0. The van der Waals surface area contributed by atoms with Crippen LogP contribution < -0.4 is 0 Å². The van der Waals surface area contributed by atoms with E-state index in [1.54, 1.807) is 16.4 Å². The zero-order chi connectivity index (χ0) is 20.4. The van der Waals surface area contributed by atoms with Crippen molar-refractivity contribution in [2.75, 3.05) is 6.54 Å². The molecule has 0 amide bonds. The van der Waals surface area contributed by atoms with Gasteiger partial charge in [-0.1, -0.05) is 77.8 Å². The number of halogens is 1. The topological polar surface area (TPSA) is 37.4 Å². The summed E-state index contributed by atoms with van der Waals surface area (Å²) in [7, 11) is -3.66. The van der Waals surface area contributed by atoms with Gasteiger partial charge in [0.05, 0.1) is 10.9 Å². The van der Waals surface area contributed by atoms with E-state index in [0.29, 0.717) is 22.9 Å². The summed E-state index contributed by atoms with van der Waals surface area (Å²) >= 11 is 6.02. The van der Waals surface area contributed by atoms with Gasteiger partial charge in [0.1, 0.15) is 0 Å². The number of aryl methyl sites for hydroxylation is 1. The maximum Gasteiger partial charge on any atom is 0.243 e. The molecule has 0 aromatic heterocycles. The van der Waals surface area contributed by atoms with Crippen LogP contribution in [0.3, 0.4) is 0 Å². The third-order valence-corrected chi connectivity index (χ3v) is 7.41. The lowest BCUT2D eigenvalue weighted by Gasteiger charge is -2.35. The van der Waals surface area contributed by atoms with Crippen LogP contribution in [0.5, 0.6) is 0 Å². The molecule has 3 aromatic rings. The Hall–Kier alpha value is -2.40. The average molecular weight is 424 g/mol. The summed E-state index contributed by atoms with van der Waals surface area (Å²) in [5, 5.41) is 0.663. The predicted molar refractivity (Wildman–Crippen MR) is 118 cm³/mol. The lowest BCUT2D eigenvalue weighted by molar-refractivity contribution is 0.344. The number of hydrogen-bond acceptors (Lipinski definition) is 2. The molecule has 5 heteroatoms. The Kier molecular flexibility index (Phi) is 5.59. The van der Waals surface area contributed by atoms with Crippen LogP contribution >= 0.6 is 11.6 Å². The Labute approximate surface area is 177 Å². The van der Waals surface area contributed by atoms with Crippen molar-refractivity contribution in [2.45, 2.75) is 24.3 Å². The monoisotopic (exact) mass is 423 g/mol. The van der Waals surface area contributed by atoms with Gasteiger partial charge in [-0.2, -0.15) is 4.31 Å². The molecular formula is C24H22ClNO2S. The van der Waals surface area contributed by atoms with Crippen molar-refractivity contribution in [3.05, 3.63) is 107 Å². The van der Waals surface area contributed by atoms with Gasteiger partial charge in [0.25, 0.3) is 0 Å². The lowest BCUT2D eigenvalue weighted by Crippen LogP contribution is -2.38. The van der Waals surface area contributed by atoms with E-state index in [1.807, 2.05) is 73.7 Å². The Bertz CT molecular complexity index is 1120. The van der Waals surface area contributed by atoms with Gasteiger partial charge in [0.15, 0.2) is 0 Å². The van der Waals surface area contributed by atoms with Crippen molar-refractivity contribution in [3.8, 4) is 0 Å². The van der Waals surface area contributed by atoms with Crippen molar-refractivity contribution in [1.29, 1.82) is 0 Å². The molecule has 3 aromatic carbocycles. The number of nitrogens with zero attached hydrogens (tertiary/aromatic N) is 1. The first-order valence-corrected chi connectivity index (χ1v) is 11.4. The van der Waals surface area contributed by atoms with E-state index in [0.717, 1.165) is 22.3 Å². The Morgan fingerprint density at radius 3 is 2.21 bits per heavy atom. The third-order valence-electron chi connectivity index (χ3n) is 5.29. The average Bonchev–Trinajstić information content (AvgIpc) is 2.75. The molecule has 0 fully saturated rings. The van der Waals surface area contributed by atoms with E-state index in [9.17, 15) is 8.42 Å². The highest BCUT2D eigenvalue weighted by molar-refractivity contribution is 7.89. The van der Waals surface area contributed by atoms with Crippen LogP contribution in [0.1, 0.15) is 29.2 Å². The van der Waals surface area contributed by atoms with Crippen molar-refractivity contribution >= 4 is 27.2 Å². The molecule has 148 valence electrons. The molecule has 4 rings (SSSR count). The van der Waals surface area contributed by atoms with Crippen LogP contribution in [0.2, 0.25) is 5.02 Å². The molecule has 0 bridgehead atoms. The zero-order valence-corrected chi connectivity index (χ0v) is 17.7. The van der Waals surface area contributed by atoms with Crippen LogP contribution in [-0.2, 0) is 10.0 Å². The second-order valence-electron chi connectivity index (χ2n) is 7.26. The van der Waals surface area contributed by atoms with Gasteiger partial charge < -0.3 is 0 Å². The maximum absolute atomic E-state index is 13.6. The summed E-state index contributed by atoms with van der Waals surface area (Å²) in [6.07, 6.45) is 2.76. The van der Waals surface area contributed by atoms with Gasteiger partial charge in [-0.3, -0.25) is 0 Å². The minimum absolute atomic E-state index is 0.237. The maximum atomic E-state index is 13.6. The van der Waals surface area contributed by atoms with Crippen LogP contribution in [0, 0.1) is 6.92 Å². The second-order valence-corrected chi connectivity index (χ2v) is 9.59. The molecule has 1 atom stereocenters. The number of sulfonamides is 1. The third kappa shape index (κ3) is 4.15. The minimum atomic E-state index is -3.66. The quantitative estimate of drug-likeness (QED) is 0.526. The lowest BCUT2D eigenvalue weighted by atomic mass is 9.95. The summed E-state index contributed by atoms with van der Waals surface area (Å²) in [4.78, 5) is 0.321. The molecule has 1 heterocycles. The second kappa shape index (κ2) is 8.15. The van der Waals surface area contributed by atoms with Crippen LogP contribution in [-0.4, -0.2) is 19.3 Å². The Morgan fingerprint density at radius 2 is 1.55 bits per heavy atom. The normalized spacial score (nSPS) is 17.7. The van der Waals surface area contributed by atoms with E-state index >= 15 is 0 Å². The predicted octanol–water partition coefficient (Wildman–Crippen LogP) is 5.87. The first kappa shape index (κ1) is 19.9. The van der Waals surface area contributed by atoms with Gasteiger partial charge in [-0.15, -0.1) is 0 Å². The highest BCUT2D eigenvalue weighted by atomic mass is 35.5. The summed E-state index contributed by atoms with van der Waals surface area (Å²) < 4.78 is 28.8.